The van der Waals surface area contributed by atoms with Crippen molar-refractivity contribution in [3.63, 3.8) is 0 Å². The van der Waals surface area contributed by atoms with Crippen molar-refractivity contribution < 1.29 is 9.47 Å². The van der Waals surface area contributed by atoms with Gasteiger partial charge in [0.1, 0.15) is 6.79 Å². The molecule has 0 fully saturated rings. The Bertz CT molecular complexity index is 486. The molecule has 0 atom stereocenters. The van der Waals surface area contributed by atoms with E-state index < -0.39 is 8.07 Å². The lowest BCUT2D eigenvalue weighted by atomic mass is 9.97. The van der Waals surface area contributed by atoms with Gasteiger partial charge < -0.3 is 9.47 Å². The van der Waals surface area contributed by atoms with Gasteiger partial charge in [-0.2, -0.15) is 0 Å². The summed E-state index contributed by atoms with van der Waals surface area (Å²) in [6.45, 7) is 11.9. The molecule has 0 aliphatic heterocycles. The zero-order valence-electron chi connectivity index (χ0n) is 16.5. The van der Waals surface area contributed by atoms with Gasteiger partial charge >= 0.3 is 0 Å². The SMILES string of the molecule is COCOC(C)(C)CCCCC/C(=C\[Si](C)(C)C)c1ccccc1. The van der Waals surface area contributed by atoms with Crippen molar-refractivity contribution in [2.75, 3.05) is 13.9 Å². The number of benzene rings is 1. The van der Waals surface area contributed by atoms with Crippen molar-refractivity contribution in [3.8, 4) is 0 Å². The first kappa shape index (κ1) is 21.1. The molecular formula is C21H36O2Si. The van der Waals surface area contributed by atoms with E-state index in [1.54, 1.807) is 7.11 Å². The van der Waals surface area contributed by atoms with Crippen LogP contribution < -0.4 is 0 Å². The van der Waals surface area contributed by atoms with Gasteiger partial charge in [-0.1, -0.05) is 68.5 Å². The third-order valence-electron chi connectivity index (χ3n) is 4.04. The molecule has 1 rings (SSSR count). The fourth-order valence-corrected chi connectivity index (χ4v) is 4.16. The Morgan fingerprint density at radius 1 is 1.04 bits per heavy atom. The largest absolute Gasteiger partial charge is 0.359 e. The first-order valence-corrected chi connectivity index (χ1v) is 12.7. The average molecular weight is 349 g/mol. The number of hydrogen-bond donors (Lipinski definition) is 0. The fraction of sp³-hybridized carbons (Fsp3) is 0.619. The van der Waals surface area contributed by atoms with E-state index in [0.717, 1.165) is 6.42 Å². The summed E-state index contributed by atoms with van der Waals surface area (Å²) in [5.41, 5.74) is 5.40. The van der Waals surface area contributed by atoms with Crippen LogP contribution in [0, 0.1) is 0 Å². The van der Waals surface area contributed by atoms with Crippen molar-refractivity contribution in [3.05, 3.63) is 41.6 Å². The van der Waals surface area contributed by atoms with Gasteiger partial charge in [-0.15, -0.1) is 0 Å². The summed E-state index contributed by atoms with van der Waals surface area (Å²) in [5, 5.41) is 0. The highest BCUT2D eigenvalue weighted by atomic mass is 28.3. The second-order valence-corrected chi connectivity index (χ2v) is 13.3. The minimum Gasteiger partial charge on any atom is -0.359 e. The van der Waals surface area contributed by atoms with Gasteiger partial charge in [-0.3, -0.25) is 0 Å². The van der Waals surface area contributed by atoms with Gasteiger partial charge in [-0.25, -0.2) is 0 Å². The summed E-state index contributed by atoms with van der Waals surface area (Å²) in [4.78, 5) is 0. The van der Waals surface area contributed by atoms with Crippen LogP contribution >= 0.6 is 0 Å². The first-order chi connectivity index (χ1) is 11.2. The molecule has 1 aromatic carbocycles. The fourth-order valence-electron chi connectivity index (χ4n) is 2.81. The Labute approximate surface area is 150 Å². The van der Waals surface area contributed by atoms with Crippen LogP contribution in [-0.4, -0.2) is 27.6 Å². The molecule has 0 unspecified atom stereocenters. The predicted molar refractivity (Wildman–Crippen MR) is 108 cm³/mol. The third kappa shape index (κ3) is 9.41. The molecule has 0 N–H and O–H groups in total. The van der Waals surface area contributed by atoms with E-state index in [1.165, 1.54) is 36.8 Å². The maximum atomic E-state index is 5.71. The molecule has 0 aliphatic carbocycles. The molecule has 0 aliphatic rings. The number of rotatable bonds is 11. The van der Waals surface area contributed by atoms with Crippen molar-refractivity contribution >= 4 is 13.6 Å². The molecule has 0 heterocycles. The highest BCUT2D eigenvalue weighted by Crippen LogP contribution is 2.25. The van der Waals surface area contributed by atoms with Crippen LogP contribution in [0.2, 0.25) is 19.6 Å². The molecule has 24 heavy (non-hydrogen) atoms. The second kappa shape index (κ2) is 10.2. The Hall–Kier alpha value is -0.903. The lowest BCUT2D eigenvalue weighted by molar-refractivity contribution is -0.117. The topological polar surface area (TPSA) is 18.5 Å². The van der Waals surface area contributed by atoms with E-state index >= 15 is 0 Å². The molecule has 0 spiro atoms. The van der Waals surface area contributed by atoms with E-state index in [4.69, 9.17) is 9.47 Å². The van der Waals surface area contributed by atoms with Gasteiger partial charge in [0, 0.05) is 7.11 Å². The lowest BCUT2D eigenvalue weighted by Crippen LogP contribution is -2.25. The van der Waals surface area contributed by atoms with Gasteiger partial charge in [0.2, 0.25) is 0 Å². The van der Waals surface area contributed by atoms with Crippen molar-refractivity contribution in [2.24, 2.45) is 0 Å². The molecule has 0 saturated carbocycles. The molecule has 3 heteroatoms. The molecule has 0 radical (unpaired) electrons. The minimum absolute atomic E-state index is 0.0908. The molecule has 2 nitrogen and oxygen atoms in total. The predicted octanol–water partition coefficient (Wildman–Crippen LogP) is 6.30. The zero-order chi connectivity index (χ0) is 18.1. The average Bonchev–Trinajstić information content (AvgIpc) is 2.51. The van der Waals surface area contributed by atoms with Crippen LogP contribution in [0.5, 0.6) is 0 Å². The van der Waals surface area contributed by atoms with Gasteiger partial charge in [-0.05, 0) is 44.2 Å². The second-order valence-electron chi connectivity index (χ2n) is 8.27. The van der Waals surface area contributed by atoms with Crippen LogP contribution in [-0.2, 0) is 9.47 Å². The van der Waals surface area contributed by atoms with Crippen molar-refractivity contribution in [1.82, 2.24) is 0 Å². The van der Waals surface area contributed by atoms with Crippen molar-refractivity contribution in [2.45, 2.75) is 71.2 Å². The molecule has 1 aromatic rings. The Balaban J connectivity index is 2.48. The smallest absolute Gasteiger partial charge is 0.147 e. The number of hydrogen-bond acceptors (Lipinski definition) is 2. The maximum absolute atomic E-state index is 5.71. The first-order valence-electron chi connectivity index (χ1n) is 9.13. The lowest BCUT2D eigenvalue weighted by Gasteiger charge is -2.24. The van der Waals surface area contributed by atoms with Crippen LogP contribution in [0.4, 0.5) is 0 Å². The van der Waals surface area contributed by atoms with Gasteiger partial charge in [0.05, 0.1) is 13.7 Å². The quantitative estimate of drug-likeness (QED) is 0.265. The van der Waals surface area contributed by atoms with Crippen molar-refractivity contribution in [1.29, 1.82) is 0 Å². The van der Waals surface area contributed by atoms with Gasteiger partial charge in [0.15, 0.2) is 0 Å². The Kier molecular flexibility index (Phi) is 8.96. The number of unbranched alkanes of at least 4 members (excludes halogenated alkanes) is 2. The normalized spacial score (nSPS) is 13.3. The van der Waals surface area contributed by atoms with Gasteiger partial charge in [0.25, 0.3) is 0 Å². The molecule has 0 saturated heterocycles. The van der Waals surface area contributed by atoms with E-state index in [2.05, 4.69) is 69.5 Å². The summed E-state index contributed by atoms with van der Waals surface area (Å²) in [7, 11) is 0.460. The number of ether oxygens (including phenoxy) is 2. The summed E-state index contributed by atoms with van der Waals surface area (Å²) < 4.78 is 10.7. The summed E-state index contributed by atoms with van der Waals surface area (Å²) >= 11 is 0. The number of methoxy groups -OCH3 is 1. The third-order valence-corrected chi connectivity index (χ3v) is 5.26. The Morgan fingerprint density at radius 3 is 2.29 bits per heavy atom. The van der Waals surface area contributed by atoms with E-state index in [0.29, 0.717) is 6.79 Å². The molecule has 136 valence electrons. The minimum atomic E-state index is -1.21. The van der Waals surface area contributed by atoms with Crippen LogP contribution in [0.25, 0.3) is 5.57 Å². The van der Waals surface area contributed by atoms with Crippen LogP contribution in [0.1, 0.15) is 51.5 Å². The highest BCUT2D eigenvalue weighted by molar-refractivity contribution is 6.81. The van der Waals surface area contributed by atoms with Crippen LogP contribution in [0.15, 0.2) is 36.0 Å². The monoisotopic (exact) mass is 348 g/mol. The summed E-state index contributed by atoms with van der Waals surface area (Å²) in [5.74, 6) is 0. The summed E-state index contributed by atoms with van der Waals surface area (Å²) in [6.07, 6.45) is 5.94. The maximum Gasteiger partial charge on any atom is 0.147 e. The standard InChI is InChI=1S/C21H36O2Si/c1-21(2,23-18-22-3)16-12-8-11-15-20(17-24(4,5)6)19-13-9-7-10-14-19/h7,9-10,13-14,17H,8,11-12,15-16,18H2,1-6H3/b20-17+. The Morgan fingerprint density at radius 2 is 1.71 bits per heavy atom. The summed E-state index contributed by atoms with van der Waals surface area (Å²) in [6, 6.07) is 10.9. The number of allylic oxidation sites excluding steroid dienone is 1. The van der Waals surface area contributed by atoms with E-state index in [-0.39, 0.29) is 5.60 Å². The molecular weight excluding hydrogens is 312 g/mol. The van der Waals surface area contributed by atoms with E-state index in [9.17, 15) is 0 Å². The molecule has 0 aromatic heterocycles. The van der Waals surface area contributed by atoms with Crippen LogP contribution in [0.3, 0.4) is 0 Å². The highest BCUT2D eigenvalue weighted by Gasteiger charge is 2.17. The zero-order valence-corrected chi connectivity index (χ0v) is 17.5. The molecule has 0 bridgehead atoms. The molecule has 0 amide bonds. The van der Waals surface area contributed by atoms with E-state index in [1.807, 2.05) is 0 Å².